The lowest BCUT2D eigenvalue weighted by atomic mass is 9.79. The molecule has 1 aromatic heterocycles. The van der Waals surface area contributed by atoms with E-state index in [1.54, 1.807) is 0 Å². The van der Waals surface area contributed by atoms with Crippen LogP contribution in [0.25, 0.3) is 32.8 Å². The van der Waals surface area contributed by atoms with Gasteiger partial charge in [0.25, 0.3) is 0 Å². The molecule has 1 saturated carbocycles. The molecule has 0 amide bonds. The van der Waals surface area contributed by atoms with Crippen LogP contribution in [-0.2, 0) is 19.9 Å². The van der Waals surface area contributed by atoms with Gasteiger partial charge in [-0.2, -0.15) is 0 Å². The third-order valence-electron chi connectivity index (χ3n) is 8.88. The average Bonchev–Trinajstić information content (AvgIpc) is 2.86. The molecule has 0 N–H and O–H groups in total. The number of fused-ring (bicyclic) bond motifs is 3. The fourth-order valence-electron chi connectivity index (χ4n) is 7.24. The van der Waals surface area contributed by atoms with Gasteiger partial charge < -0.3 is 4.74 Å². The van der Waals surface area contributed by atoms with E-state index >= 15 is 0 Å². The third kappa shape index (κ3) is 4.85. The zero-order valence-corrected chi connectivity index (χ0v) is 25.4. The molecule has 1 aliphatic heterocycles. The Morgan fingerprint density at radius 3 is 2.26 bits per heavy atom. The Kier molecular flexibility index (Phi) is 6.32. The largest absolute Gasteiger partial charge is 0.455 e. The van der Waals surface area contributed by atoms with Gasteiger partial charge in [-0.05, 0) is 88.3 Å². The van der Waals surface area contributed by atoms with E-state index in [0.29, 0.717) is 5.92 Å². The Balaban J connectivity index is 1.65. The van der Waals surface area contributed by atoms with Crippen molar-refractivity contribution < 1.29 is 9.30 Å². The Morgan fingerprint density at radius 2 is 1.56 bits per heavy atom. The first-order valence-corrected chi connectivity index (χ1v) is 15.1. The maximum absolute atomic E-state index is 7.06. The highest BCUT2D eigenvalue weighted by atomic mass is 16.5. The number of hydrogen-bond donors (Lipinski definition) is 0. The van der Waals surface area contributed by atoms with Gasteiger partial charge in [0, 0.05) is 11.6 Å². The van der Waals surface area contributed by atoms with Gasteiger partial charge in [-0.1, -0.05) is 85.1 Å². The SMILES string of the molecule is Cc1c2c(c(CC(C)(C)C)c3ccc(C4CCCCC4)cc13)Oc1cc(CC(C)(C)C)cc3cc[n+](C)c-2c13. The smallest absolute Gasteiger partial charge is 0.228 e. The second-order valence-corrected chi connectivity index (χ2v) is 14.9. The summed E-state index contributed by atoms with van der Waals surface area (Å²) >= 11 is 0. The maximum Gasteiger partial charge on any atom is 0.228 e. The van der Waals surface area contributed by atoms with E-state index in [1.165, 1.54) is 87.2 Å². The number of hydrogen-bond acceptors (Lipinski definition) is 1. The first-order chi connectivity index (χ1) is 18.4. The van der Waals surface area contributed by atoms with Crippen molar-refractivity contribution in [2.24, 2.45) is 17.9 Å². The van der Waals surface area contributed by atoms with Crippen LogP contribution >= 0.6 is 0 Å². The lowest BCUT2D eigenvalue weighted by molar-refractivity contribution is -0.659. The number of ether oxygens (including phenoxy) is 1. The van der Waals surface area contributed by atoms with Gasteiger partial charge in [0.1, 0.15) is 18.5 Å². The standard InChI is InChI=1S/C37H46NO/c1-23-29-20-26(25-12-10-9-11-13-25)14-15-28(29)30(22-37(5,6)7)35-32(23)34-33-27(16-17-38(34)8)18-24(19-31(33)39-35)21-36(2,3)4/h14-20,25H,9-13,21-22H2,1-8H3/q+1. The van der Waals surface area contributed by atoms with E-state index in [-0.39, 0.29) is 10.8 Å². The zero-order valence-electron chi connectivity index (χ0n) is 25.4. The monoisotopic (exact) mass is 520 g/mol. The Hall–Kier alpha value is -2.87. The van der Waals surface area contributed by atoms with Gasteiger partial charge >= 0.3 is 0 Å². The summed E-state index contributed by atoms with van der Waals surface area (Å²) in [6.45, 7) is 16.3. The second kappa shape index (κ2) is 9.36. The highest BCUT2D eigenvalue weighted by Crippen LogP contribution is 2.52. The summed E-state index contributed by atoms with van der Waals surface area (Å²) in [5.41, 5.74) is 8.52. The molecule has 6 rings (SSSR count). The lowest BCUT2D eigenvalue weighted by Crippen LogP contribution is -2.32. The van der Waals surface area contributed by atoms with Gasteiger partial charge in [0.05, 0.1) is 10.9 Å². The molecule has 0 unspecified atom stereocenters. The summed E-state index contributed by atoms with van der Waals surface area (Å²) in [5.74, 6) is 2.78. The Bertz CT molecular complexity index is 1590. The quantitative estimate of drug-likeness (QED) is 0.216. The van der Waals surface area contributed by atoms with Gasteiger partial charge in [-0.3, -0.25) is 0 Å². The normalized spacial score (nSPS) is 16.0. The molecule has 2 aliphatic rings. The van der Waals surface area contributed by atoms with Crippen LogP contribution in [0.3, 0.4) is 0 Å². The summed E-state index contributed by atoms with van der Waals surface area (Å²) in [7, 11) is 2.20. The molecule has 0 radical (unpaired) electrons. The molecule has 0 atom stereocenters. The van der Waals surface area contributed by atoms with Crippen molar-refractivity contribution in [3.8, 4) is 22.8 Å². The van der Waals surface area contributed by atoms with E-state index < -0.39 is 0 Å². The molecule has 0 saturated heterocycles. The Labute approximate surface area is 235 Å². The van der Waals surface area contributed by atoms with Crippen molar-refractivity contribution in [2.75, 3.05) is 0 Å². The van der Waals surface area contributed by atoms with Crippen molar-refractivity contribution in [2.45, 2.75) is 99.3 Å². The molecule has 2 heterocycles. The van der Waals surface area contributed by atoms with Crippen LogP contribution in [0.4, 0.5) is 0 Å². The van der Waals surface area contributed by atoms with Crippen molar-refractivity contribution in [1.29, 1.82) is 0 Å². The van der Waals surface area contributed by atoms with Gasteiger partial charge in [-0.15, -0.1) is 0 Å². The summed E-state index contributed by atoms with van der Waals surface area (Å²) in [6, 6.07) is 14.3. The molecule has 0 bridgehead atoms. The van der Waals surface area contributed by atoms with Crippen LogP contribution < -0.4 is 9.30 Å². The predicted octanol–water partition coefficient (Wildman–Crippen LogP) is 10.1. The minimum Gasteiger partial charge on any atom is -0.455 e. The van der Waals surface area contributed by atoms with Crippen LogP contribution in [0.2, 0.25) is 0 Å². The van der Waals surface area contributed by atoms with Gasteiger partial charge in [-0.25, -0.2) is 4.57 Å². The second-order valence-electron chi connectivity index (χ2n) is 14.9. The summed E-state index contributed by atoms with van der Waals surface area (Å²) in [4.78, 5) is 0. The topological polar surface area (TPSA) is 13.1 Å². The summed E-state index contributed by atoms with van der Waals surface area (Å²) in [5, 5.41) is 5.30. The predicted molar refractivity (Wildman–Crippen MR) is 165 cm³/mol. The fraction of sp³-hybridized carbons (Fsp3) is 0.486. The van der Waals surface area contributed by atoms with Crippen molar-refractivity contribution in [3.05, 3.63) is 64.8 Å². The summed E-state index contributed by atoms with van der Waals surface area (Å²) < 4.78 is 9.38. The van der Waals surface area contributed by atoms with Crippen molar-refractivity contribution >= 4 is 21.5 Å². The molecular formula is C37H46NO+. The lowest BCUT2D eigenvalue weighted by Gasteiger charge is -2.29. The maximum atomic E-state index is 7.06. The number of pyridine rings is 1. The molecule has 39 heavy (non-hydrogen) atoms. The van der Waals surface area contributed by atoms with E-state index in [0.717, 1.165) is 24.3 Å². The highest BCUT2D eigenvalue weighted by Gasteiger charge is 2.34. The third-order valence-corrected chi connectivity index (χ3v) is 8.88. The van der Waals surface area contributed by atoms with Crippen LogP contribution in [0.1, 0.15) is 102 Å². The number of rotatable bonds is 3. The van der Waals surface area contributed by atoms with Crippen molar-refractivity contribution in [3.63, 3.8) is 0 Å². The molecule has 0 spiro atoms. The van der Waals surface area contributed by atoms with E-state index in [4.69, 9.17) is 4.74 Å². The van der Waals surface area contributed by atoms with Gasteiger partial charge in [0.15, 0.2) is 6.20 Å². The molecule has 3 aromatic carbocycles. The van der Waals surface area contributed by atoms with Crippen LogP contribution in [0, 0.1) is 17.8 Å². The number of benzene rings is 3. The minimum absolute atomic E-state index is 0.143. The van der Waals surface area contributed by atoms with Crippen LogP contribution in [0.15, 0.2) is 42.6 Å². The molecular weight excluding hydrogens is 474 g/mol. The first kappa shape index (κ1) is 26.4. The molecule has 1 fully saturated rings. The number of nitrogens with zero attached hydrogens (tertiary/aromatic N) is 1. The van der Waals surface area contributed by atoms with Gasteiger partial charge in [0.2, 0.25) is 5.69 Å². The first-order valence-electron chi connectivity index (χ1n) is 15.1. The highest BCUT2D eigenvalue weighted by molar-refractivity contribution is 6.06. The summed E-state index contributed by atoms with van der Waals surface area (Å²) in [6.07, 6.45) is 11.0. The van der Waals surface area contributed by atoms with E-state index in [1.807, 2.05) is 0 Å². The Morgan fingerprint density at radius 1 is 0.846 bits per heavy atom. The zero-order chi connectivity index (χ0) is 27.7. The number of aromatic nitrogens is 1. The van der Waals surface area contributed by atoms with E-state index in [9.17, 15) is 0 Å². The molecule has 204 valence electrons. The molecule has 2 nitrogen and oxygen atoms in total. The minimum atomic E-state index is 0.143. The van der Waals surface area contributed by atoms with Crippen molar-refractivity contribution in [1.82, 2.24) is 0 Å². The number of aryl methyl sites for hydroxylation is 2. The molecule has 4 aromatic rings. The van der Waals surface area contributed by atoms with Crippen LogP contribution in [0.5, 0.6) is 11.5 Å². The fourth-order valence-corrected chi connectivity index (χ4v) is 7.24. The average molecular weight is 521 g/mol. The molecule has 1 aliphatic carbocycles. The molecule has 2 heteroatoms. The van der Waals surface area contributed by atoms with E-state index in [2.05, 4.69) is 103 Å². The van der Waals surface area contributed by atoms with Crippen LogP contribution in [-0.4, -0.2) is 0 Å².